The van der Waals surface area contributed by atoms with Gasteiger partial charge in [0.25, 0.3) is 0 Å². The van der Waals surface area contributed by atoms with E-state index in [2.05, 4.69) is 20.1 Å². The summed E-state index contributed by atoms with van der Waals surface area (Å²) in [6.45, 7) is 1.87. The fourth-order valence-electron chi connectivity index (χ4n) is 3.67. The van der Waals surface area contributed by atoms with Crippen LogP contribution in [0.4, 0.5) is 0 Å². The van der Waals surface area contributed by atoms with Crippen molar-refractivity contribution >= 4 is 17.7 Å². The Morgan fingerprint density at radius 1 is 1.15 bits per heavy atom. The SMILES string of the molecule is COc1ccc(-c2nnc(SCC(=O)NCc3cccc(OC)c3)n2CC2CCCO2)cc1. The first-order valence-corrected chi connectivity index (χ1v) is 11.9. The summed E-state index contributed by atoms with van der Waals surface area (Å²) in [5.74, 6) is 2.49. The molecule has 1 aliphatic heterocycles. The van der Waals surface area contributed by atoms with Crippen molar-refractivity contribution in [3.8, 4) is 22.9 Å². The molecule has 1 atom stereocenters. The van der Waals surface area contributed by atoms with Crippen molar-refractivity contribution in [2.24, 2.45) is 0 Å². The summed E-state index contributed by atoms with van der Waals surface area (Å²) in [5.41, 5.74) is 1.92. The van der Waals surface area contributed by atoms with Gasteiger partial charge in [0.15, 0.2) is 11.0 Å². The van der Waals surface area contributed by atoms with E-state index in [0.29, 0.717) is 18.2 Å². The highest BCUT2D eigenvalue weighted by molar-refractivity contribution is 7.99. The van der Waals surface area contributed by atoms with Gasteiger partial charge in [-0.15, -0.1) is 10.2 Å². The van der Waals surface area contributed by atoms with E-state index in [-0.39, 0.29) is 17.8 Å². The van der Waals surface area contributed by atoms with Crippen molar-refractivity contribution in [1.82, 2.24) is 20.1 Å². The third-order valence-electron chi connectivity index (χ3n) is 5.43. The predicted molar refractivity (Wildman–Crippen MR) is 127 cm³/mol. The highest BCUT2D eigenvalue weighted by Crippen LogP contribution is 2.27. The Labute approximate surface area is 197 Å². The molecule has 174 valence electrons. The second-order valence-corrected chi connectivity index (χ2v) is 8.64. The lowest BCUT2D eigenvalue weighted by Gasteiger charge is -2.15. The zero-order valence-corrected chi connectivity index (χ0v) is 19.6. The number of methoxy groups -OCH3 is 2. The summed E-state index contributed by atoms with van der Waals surface area (Å²) in [6.07, 6.45) is 2.18. The molecule has 33 heavy (non-hydrogen) atoms. The van der Waals surface area contributed by atoms with Crippen molar-refractivity contribution < 1.29 is 19.0 Å². The van der Waals surface area contributed by atoms with Crippen LogP contribution in [0, 0.1) is 0 Å². The maximum absolute atomic E-state index is 12.5. The number of nitrogens with one attached hydrogen (secondary N) is 1. The van der Waals surface area contributed by atoms with Gasteiger partial charge in [-0.05, 0) is 54.8 Å². The van der Waals surface area contributed by atoms with E-state index in [9.17, 15) is 4.79 Å². The van der Waals surface area contributed by atoms with Crippen LogP contribution in [0.1, 0.15) is 18.4 Å². The summed E-state index contributed by atoms with van der Waals surface area (Å²) >= 11 is 1.38. The van der Waals surface area contributed by atoms with Gasteiger partial charge in [-0.25, -0.2) is 0 Å². The van der Waals surface area contributed by atoms with Crippen molar-refractivity contribution in [2.45, 2.75) is 37.2 Å². The molecule has 2 heterocycles. The number of ether oxygens (including phenoxy) is 3. The zero-order chi connectivity index (χ0) is 23.0. The van der Waals surface area contributed by atoms with Crippen LogP contribution in [0.2, 0.25) is 0 Å². The molecular formula is C24H28N4O4S. The van der Waals surface area contributed by atoms with Crippen molar-refractivity contribution in [1.29, 1.82) is 0 Å². The quantitative estimate of drug-likeness (QED) is 0.455. The van der Waals surface area contributed by atoms with E-state index in [0.717, 1.165) is 47.9 Å². The van der Waals surface area contributed by atoms with Gasteiger partial charge in [-0.3, -0.25) is 9.36 Å². The minimum atomic E-state index is -0.0690. The fourth-order valence-corrected chi connectivity index (χ4v) is 4.45. The summed E-state index contributed by atoms with van der Waals surface area (Å²) in [7, 11) is 3.27. The van der Waals surface area contributed by atoms with E-state index >= 15 is 0 Å². The van der Waals surface area contributed by atoms with Crippen molar-refractivity contribution in [2.75, 3.05) is 26.6 Å². The maximum Gasteiger partial charge on any atom is 0.230 e. The molecule has 1 amide bonds. The molecule has 2 aromatic carbocycles. The van der Waals surface area contributed by atoms with Crippen LogP contribution in [-0.4, -0.2) is 53.4 Å². The van der Waals surface area contributed by atoms with Crippen LogP contribution in [0.5, 0.6) is 11.5 Å². The number of carbonyl (C=O) groups excluding carboxylic acids is 1. The van der Waals surface area contributed by atoms with E-state index in [1.165, 1.54) is 11.8 Å². The van der Waals surface area contributed by atoms with Crippen LogP contribution >= 0.6 is 11.8 Å². The molecule has 0 bridgehead atoms. The normalized spacial score (nSPS) is 15.4. The molecule has 1 saturated heterocycles. The summed E-state index contributed by atoms with van der Waals surface area (Å²) in [6, 6.07) is 15.4. The van der Waals surface area contributed by atoms with Crippen LogP contribution in [0.3, 0.4) is 0 Å². The highest BCUT2D eigenvalue weighted by Gasteiger charge is 2.22. The number of hydrogen-bond donors (Lipinski definition) is 1. The van der Waals surface area contributed by atoms with Gasteiger partial charge < -0.3 is 19.5 Å². The molecule has 8 nitrogen and oxygen atoms in total. The number of nitrogens with zero attached hydrogens (tertiary/aromatic N) is 3. The highest BCUT2D eigenvalue weighted by atomic mass is 32.2. The summed E-state index contributed by atoms with van der Waals surface area (Å²) in [5, 5.41) is 12.5. The molecule has 4 rings (SSSR count). The molecule has 9 heteroatoms. The lowest BCUT2D eigenvalue weighted by atomic mass is 10.2. The second-order valence-electron chi connectivity index (χ2n) is 7.70. The lowest BCUT2D eigenvalue weighted by molar-refractivity contribution is -0.118. The van der Waals surface area contributed by atoms with Crippen LogP contribution in [-0.2, 0) is 22.6 Å². The topological polar surface area (TPSA) is 87.5 Å². The Kier molecular flexibility index (Phi) is 7.85. The number of thioether (sulfide) groups is 1. The van der Waals surface area contributed by atoms with Crippen LogP contribution < -0.4 is 14.8 Å². The largest absolute Gasteiger partial charge is 0.497 e. The average Bonchev–Trinajstić information content (AvgIpc) is 3.52. The first-order chi connectivity index (χ1) is 16.2. The summed E-state index contributed by atoms with van der Waals surface area (Å²) < 4.78 is 18.4. The van der Waals surface area contributed by atoms with Gasteiger partial charge in [-0.2, -0.15) is 0 Å². The van der Waals surface area contributed by atoms with Crippen LogP contribution in [0.15, 0.2) is 53.7 Å². The van der Waals surface area contributed by atoms with Gasteiger partial charge in [0.05, 0.1) is 32.6 Å². The standard InChI is InChI=1S/C24H28N4O4S/c1-30-19-10-8-18(9-11-19)23-26-27-24(28(23)15-21-7-4-12-32-21)33-16-22(29)25-14-17-5-3-6-20(13-17)31-2/h3,5-6,8-11,13,21H,4,7,12,14-16H2,1-2H3,(H,25,29). The Morgan fingerprint density at radius 3 is 2.70 bits per heavy atom. The van der Waals surface area contributed by atoms with Crippen molar-refractivity contribution in [3.63, 3.8) is 0 Å². The molecule has 1 fully saturated rings. The number of aromatic nitrogens is 3. The van der Waals surface area contributed by atoms with Gasteiger partial charge in [0.2, 0.25) is 5.91 Å². The third-order valence-corrected chi connectivity index (χ3v) is 6.40. The lowest BCUT2D eigenvalue weighted by Crippen LogP contribution is -2.25. The average molecular weight is 469 g/mol. The molecule has 1 unspecified atom stereocenters. The number of hydrogen-bond acceptors (Lipinski definition) is 7. The summed E-state index contributed by atoms with van der Waals surface area (Å²) in [4.78, 5) is 12.5. The maximum atomic E-state index is 12.5. The third kappa shape index (κ3) is 6.06. The fraction of sp³-hybridized carbons (Fsp3) is 0.375. The first kappa shape index (κ1) is 23.1. The molecule has 0 aliphatic carbocycles. The van der Waals surface area contributed by atoms with E-state index in [1.54, 1.807) is 14.2 Å². The molecule has 0 saturated carbocycles. The van der Waals surface area contributed by atoms with Gasteiger partial charge in [0.1, 0.15) is 11.5 Å². The molecule has 0 radical (unpaired) electrons. The molecule has 3 aromatic rings. The Morgan fingerprint density at radius 2 is 1.97 bits per heavy atom. The van der Waals surface area contributed by atoms with Gasteiger partial charge >= 0.3 is 0 Å². The second kappa shape index (κ2) is 11.2. The number of carbonyl (C=O) groups is 1. The monoisotopic (exact) mass is 468 g/mol. The van der Waals surface area contributed by atoms with E-state index in [1.807, 2.05) is 48.5 Å². The number of amides is 1. The zero-order valence-electron chi connectivity index (χ0n) is 18.8. The molecule has 0 spiro atoms. The van der Waals surface area contributed by atoms with E-state index in [4.69, 9.17) is 14.2 Å². The molecule has 1 N–H and O–H groups in total. The molecule has 1 aliphatic rings. The van der Waals surface area contributed by atoms with Crippen molar-refractivity contribution in [3.05, 3.63) is 54.1 Å². The smallest absolute Gasteiger partial charge is 0.230 e. The Balaban J connectivity index is 1.43. The number of benzene rings is 2. The van der Waals surface area contributed by atoms with E-state index < -0.39 is 0 Å². The van der Waals surface area contributed by atoms with Gasteiger partial charge in [0, 0.05) is 18.7 Å². The first-order valence-electron chi connectivity index (χ1n) is 10.9. The number of rotatable bonds is 10. The minimum Gasteiger partial charge on any atom is -0.497 e. The van der Waals surface area contributed by atoms with Gasteiger partial charge in [-0.1, -0.05) is 23.9 Å². The predicted octanol–water partition coefficient (Wildman–Crippen LogP) is 3.55. The van der Waals surface area contributed by atoms with Crippen LogP contribution in [0.25, 0.3) is 11.4 Å². The minimum absolute atomic E-state index is 0.0690. The Bertz CT molecular complexity index is 1060. The Hall–Kier alpha value is -3.04. The molecular weight excluding hydrogens is 440 g/mol. The molecule has 1 aromatic heterocycles.